The molecule has 1 unspecified atom stereocenters. The first-order chi connectivity index (χ1) is 12.2. The number of fused-ring (bicyclic) bond motifs is 1. The van der Waals surface area contributed by atoms with Crippen molar-refractivity contribution in [2.24, 2.45) is 0 Å². The van der Waals surface area contributed by atoms with E-state index in [1.807, 2.05) is 66.0 Å². The van der Waals surface area contributed by atoms with Gasteiger partial charge in [0.1, 0.15) is 5.75 Å². The summed E-state index contributed by atoms with van der Waals surface area (Å²) < 4.78 is 1.02. The van der Waals surface area contributed by atoms with Crippen LogP contribution < -0.4 is 5.32 Å². The molecular weight excluding hydrogens is 396 g/mol. The van der Waals surface area contributed by atoms with Crippen molar-refractivity contribution in [3.05, 3.63) is 87.8 Å². The molecule has 1 heterocycles. The van der Waals surface area contributed by atoms with E-state index in [1.54, 1.807) is 17.5 Å². The Morgan fingerprint density at radius 3 is 2.56 bits per heavy atom. The van der Waals surface area contributed by atoms with Crippen LogP contribution in [0.15, 0.2) is 76.7 Å². The summed E-state index contributed by atoms with van der Waals surface area (Å²) in [6, 6.07) is 19.8. The summed E-state index contributed by atoms with van der Waals surface area (Å²) in [5, 5.41) is 19.0. The Kier molecular flexibility index (Phi) is 4.42. The summed E-state index contributed by atoms with van der Waals surface area (Å²) in [6.07, 6.45) is 1.77. The number of thiazole rings is 1. The molecule has 0 saturated heterocycles. The van der Waals surface area contributed by atoms with E-state index in [9.17, 15) is 5.11 Å². The average Bonchev–Trinajstić information content (AvgIpc) is 3.15. The highest BCUT2D eigenvalue weighted by molar-refractivity contribution is 9.10. The van der Waals surface area contributed by atoms with Crippen molar-refractivity contribution in [1.29, 1.82) is 0 Å². The van der Waals surface area contributed by atoms with Crippen LogP contribution in [-0.4, -0.2) is 10.1 Å². The molecule has 0 saturated carbocycles. The molecule has 0 aliphatic rings. The molecule has 0 amide bonds. The third kappa shape index (κ3) is 3.25. The lowest BCUT2D eigenvalue weighted by Crippen LogP contribution is -2.12. The Balaban J connectivity index is 1.85. The number of halogens is 1. The number of aromatic nitrogens is 1. The highest BCUT2D eigenvalue weighted by Gasteiger charge is 2.20. The molecule has 3 nitrogen and oxygen atoms in total. The van der Waals surface area contributed by atoms with E-state index in [2.05, 4.69) is 26.2 Å². The van der Waals surface area contributed by atoms with E-state index in [-0.39, 0.29) is 6.04 Å². The first-order valence-corrected chi connectivity index (χ1v) is 9.52. The molecule has 5 heteroatoms. The summed E-state index contributed by atoms with van der Waals surface area (Å²) in [5.74, 6) is 0.301. The first-order valence-electron chi connectivity index (χ1n) is 7.84. The number of aromatic hydroxyl groups is 1. The Morgan fingerprint density at radius 1 is 1.00 bits per heavy atom. The minimum absolute atomic E-state index is 0.191. The average molecular weight is 411 g/mol. The number of nitrogens with one attached hydrogen (secondary N) is 1. The van der Waals surface area contributed by atoms with Crippen LogP contribution in [0.4, 0.5) is 5.13 Å². The van der Waals surface area contributed by atoms with E-state index < -0.39 is 0 Å². The lowest BCUT2D eigenvalue weighted by Gasteiger charge is -2.21. The van der Waals surface area contributed by atoms with E-state index in [0.29, 0.717) is 5.75 Å². The highest BCUT2D eigenvalue weighted by atomic mass is 79.9. The highest BCUT2D eigenvalue weighted by Crippen LogP contribution is 2.37. The van der Waals surface area contributed by atoms with Gasteiger partial charge < -0.3 is 10.4 Å². The monoisotopic (exact) mass is 410 g/mol. The van der Waals surface area contributed by atoms with Crippen LogP contribution >= 0.6 is 27.3 Å². The molecule has 0 spiro atoms. The lowest BCUT2D eigenvalue weighted by atomic mass is 9.95. The number of hydrogen-bond acceptors (Lipinski definition) is 4. The minimum Gasteiger partial charge on any atom is -0.507 e. The largest absolute Gasteiger partial charge is 0.507 e. The topological polar surface area (TPSA) is 45.1 Å². The molecule has 4 rings (SSSR count). The molecule has 25 heavy (non-hydrogen) atoms. The molecular formula is C20H15BrN2OS. The van der Waals surface area contributed by atoms with Gasteiger partial charge in [0.25, 0.3) is 0 Å². The number of phenols is 1. The number of anilines is 1. The van der Waals surface area contributed by atoms with Crippen molar-refractivity contribution in [3.63, 3.8) is 0 Å². The predicted octanol–water partition coefficient (Wildman–Crippen LogP) is 5.97. The van der Waals surface area contributed by atoms with Crippen LogP contribution in [0.5, 0.6) is 5.75 Å². The molecule has 2 N–H and O–H groups in total. The molecule has 0 radical (unpaired) electrons. The van der Waals surface area contributed by atoms with Crippen molar-refractivity contribution < 1.29 is 5.11 Å². The normalized spacial score (nSPS) is 12.2. The molecule has 1 aromatic heterocycles. The molecule has 0 aliphatic heterocycles. The van der Waals surface area contributed by atoms with Crippen molar-refractivity contribution in [3.8, 4) is 5.75 Å². The molecule has 0 fully saturated rings. The van der Waals surface area contributed by atoms with Gasteiger partial charge in [0.15, 0.2) is 5.13 Å². The maximum absolute atomic E-state index is 10.9. The van der Waals surface area contributed by atoms with E-state index in [0.717, 1.165) is 31.5 Å². The Bertz CT molecular complexity index is 1000. The van der Waals surface area contributed by atoms with Gasteiger partial charge in [-0.1, -0.05) is 64.5 Å². The molecule has 3 aromatic carbocycles. The van der Waals surface area contributed by atoms with Crippen LogP contribution in [0.2, 0.25) is 0 Å². The first kappa shape index (κ1) is 16.1. The van der Waals surface area contributed by atoms with Gasteiger partial charge in [-0.15, -0.1) is 11.3 Å². The number of hydrogen-bond donors (Lipinski definition) is 2. The second-order valence-corrected chi connectivity index (χ2v) is 7.50. The molecule has 1 atom stereocenters. The van der Waals surface area contributed by atoms with Gasteiger partial charge in [-0.2, -0.15) is 0 Å². The van der Waals surface area contributed by atoms with Gasteiger partial charge >= 0.3 is 0 Å². The minimum atomic E-state index is -0.191. The Hall–Kier alpha value is -2.37. The predicted molar refractivity (Wildman–Crippen MR) is 107 cm³/mol. The zero-order valence-electron chi connectivity index (χ0n) is 13.2. The fourth-order valence-electron chi connectivity index (χ4n) is 2.92. The van der Waals surface area contributed by atoms with Crippen LogP contribution in [0.25, 0.3) is 10.8 Å². The second-order valence-electron chi connectivity index (χ2n) is 5.69. The summed E-state index contributed by atoms with van der Waals surface area (Å²) in [6.45, 7) is 0. The molecule has 124 valence electrons. The molecule has 0 bridgehead atoms. The maximum Gasteiger partial charge on any atom is 0.183 e. The van der Waals surface area contributed by atoms with E-state index in [4.69, 9.17) is 0 Å². The van der Waals surface area contributed by atoms with Crippen LogP contribution in [0.1, 0.15) is 17.2 Å². The van der Waals surface area contributed by atoms with Gasteiger partial charge in [0.2, 0.25) is 0 Å². The van der Waals surface area contributed by atoms with E-state index in [1.165, 1.54) is 0 Å². The number of rotatable bonds is 4. The van der Waals surface area contributed by atoms with Gasteiger partial charge in [-0.3, -0.25) is 0 Å². The SMILES string of the molecule is Oc1c(C(Nc2nccs2)c2ccc(Br)cc2)ccc2ccccc12. The number of nitrogens with zero attached hydrogens (tertiary/aromatic N) is 1. The second kappa shape index (κ2) is 6.86. The Labute approximate surface area is 158 Å². The lowest BCUT2D eigenvalue weighted by molar-refractivity contribution is 0.473. The van der Waals surface area contributed by atoms with Crippen LogP contribution in [-0.2, 0) is 0 Å². The van der Waals surface area contributed by atoms with Gasteiger partial charge in [-0.25, -0.2) is 4.98 Å². The smallest absolute Gasteiger partial charge is 0.183 e. The van der Waals surface area contributed by atoms with E-state index >= 15 is 0 Å². The summed E-state index contributed by atoms with van der Waals surface area (Å²) >= 11 is 5.02. The third-order valence-corrected chi connectivity index (χ3v) is 5.38. The maximum atomic E-state index is 10.9. The molecule has 4 aromatic rings. The van der Waals surface area contributed by atoms with Gasteiger partial charge in [-0.05, 0) is 23.1 Å². The number of benzene rings is 3. The molecule has 0 aliphatic carbocycles. The van der Waals surface area contributed by atoms with Gasteiger partial charge in [0.05, 0.1) is 6.04 Å². The summed E-state index contributed by atoms with van der Waals surface area (Å²) in [7, 11) is 0. The van der Waals surface area contributed by atoms with Crippen molar-refractivity contribution in [2.75, 3.05) is 5.32 Å². The number of phenolic OH excluding ortho intramolecular Hbond substituents is 1. The van der Waals surface area contributed by atoms with Crippen molar-refractivity contribution in [1.82, 2.24) is 4.98 Å². The fourth-order valence-corrected chi connectivity index (χ4v) is 3.74. The zero-order valence-corrected chi connectivity index (χ0v) is 15.6. The standard InChI is InChI=1S/C20H15BrN2OS/c21-15-8-5-14(6-9-15)18(23-20-22-11-12-25-20)17-10-7-13-3-1-2-4-16(13)19(17)24/h1-12,18,24H,(H,22,23). The van der Waals surface area contributed by atoms with Crippen LogP contribution in [0.3, 0.4) is 0 Å². The van der Waals surface area contributed by atoms with Crippen LogP contribution in [0, 0.1) is 0 Å². The summed E-state index contributed by atoms with van der Waals surface area (Å²) in [4.78, 5) is 4.33. The van der Waals surface area contributed by atoms with Gasteiger partial charge in [0, 0.05) is 27.0 Å². The Morgan fingerprint density at radius 2 is 1.80 bits per heavy atom. The zero-order chi connectivity index (χ0) is 17.2. The fraction of sp³-hybridized carbons (Fsp3) is 0.0500. The quantitative estimate of drug-likeness (QED) is 0.435. The van der Waals surface area contributed by atoms with Crippen molar-refractivity contribution in [2.45, 2.75) is 6.04 Å². The van der Waals surface area contributed by atoms with Crippen molar-refractivity contribution >= 4 is 43.2 Å². The third-order valence-electron chi connectivity index (χ3n) is 4.15. The summed E-state index contributed by atoms with van der Waals surface area (Å²) in [5.41, 5.74) is 1.89.